The predicted molar refractivity (Wildman–Crippen MR) is 90.3 cm³/mol. The lowest BCUT2D eigenvalue weighted by molar-refractivity contribution is 0.0110. The van der Waals surface area contributed by atoms with E-state index < -0.39 is 0 Å². The second kappa shape index (κ2) is 9.43. The molecule has 0 N–H and O–H groups in total. The summed E-state index contributed by atoms with van der Waals surface area (Å²) in [6.07, 6.45) is 12.2. The molecule has 1 saturated carbocycles. The monoisotopic (exact) mass is 297 g/mol. The number of ether oxygens (including phenoxy) is 1. The normalized spacial score (nSPS) is 21.8. The van der Waals surface area contributed by atoms with Crippen molar-refractivity contribution in [1.82, 2.24) is 0 Å². The van der Waals surface area contributed by atoms with Crippen molar-refractivity contribution in [3.05, 3.63) is 47.5 Å². The van der Waals surface area contributed by atoms with Crippen molar-refractivity contribution in [1.29, 1.82) is 5.26 Å². The van der Waals surface area contributed by atoms with E-state index in [0.717, 1.165) is 32.3 Å². The first-order chi connectivity index (χ1) is 10.8. The van der Waals surface area contributed by atoms with Gasteiger partial charge in [-0.05, 0) is 55.6 Å². The Balaban J connectivity index is 1.70. The highest BCUT2D eigenvalue weighted by Crippen LogP contribution is 2.27. The number of benzene rings is 1. The van der Waals surface area contributed by atoms with Crippen molar-refractivity contribution in [2.75, 3.05) is 0 Å². The van der Waals surface area contributed by atoms with Crippen LogP contribution in [0.1, 0.15) is 56.6 Å². The summed E-state index contributed by atoms with van der Waals surface area (Å²) in [5, 5.41) is 8.56. The van der Waals surface area contributed by atoms with E-state index in [1.807, 2.05) is 6.08 Å². The van der Waals surface area contributed by atoms with Crippen molar-refractivity contribution in [2.24, 2.45) is 5.92 Å². The third kappa shape index (κ3) is 5.66. The summed E-state index contributed by atoms with van der Waals surface area (Å²) in [4.78, 5) is 0. The van der Waals surface area contributed by atoms with Crippen LogP contribution in [0.25, 0.3) is 0 Å². The number of unbranched alkanes of at least 4 members (excludes halogenated alkanes) is 1. The van der Waals surface area contributed by atoms with E-state index in [1.165, 1.54) is 30.4 Å². The average molecular weight is 297 g/mol. The number of allylic oxidation sites excluding steroid dienone is 2. The zero-order chi connectivity index (χ0) is 15.6. The van der Waals surface area contributed by atoms with Crippen LogP contribution in [0.2, 0.25) is 0 Å². The smallest absolute Gasteiger partial charge is 0.0908 e. The van der Waals surface area contributed by atoms with Crippen LogP contribution < -0.4 is 0 Å². The molecule has 0 radical (unpaired) electrons. The van der Waals surface area contributed by atoms with Gasteiger partial charge in [0.05, 0.1) is 18.8 Å². The molecule has 22 heavy (non-hydrogen) atoms. The van der Waals surface area contributed by atoms with Crippen LogP contribution in [0.15, 0.2) is 36.4 Å². The number of hydrogen-bond acceptors (Lipinski definition) is 2. The minimum absolute atomic E-state index is 0.381. The molecule has 0 amide bonds. The van der Waals surface area contributed by atoms with E-state index in [1.54, 1.807) is 6.08 Å². The Bertz CT molecular complexity index is 489. The molecule has 0 aliphatic heterocycles. The summed E-state index contributed by atoms with van der Waals surface area (Å²) >= 11 is 0. The summed E-state index contributed by atoms with van der Waals surface area (Å²) in [7, 11) is 0. The summed E-state index contributed by atoms with van der Waals surface area (Å²) in [6.45, 7) is 2.95. The summed E-state index contributed by atoms with van der Waals surface area (Å²) in [5.74, 6) is 0.567. The SMILES string of the molecule is CCCCc1ccc(COC2CCC(/C=C/C#N)CC2)cc1. The van der Waals surface area contributed by atoms with Crippen LogP contribution >= 0.6 is 0 Å². The Labute approximate surface area is 134 Å². The van der Waals surface area contributed by atoms with Crippen LogP contribution in [-0.4, -0.2) is 6.10 Å². The van der Waals surface area contributed by atoms with Gasteiger partial charge in [0.25, 0.3) is 0 Å². The molecular formula is C20H27NO. The van der Waals surface area contributed by atoms with Gasteiger partial charge >= 0.3 is 0 Å². The fraction of sp³-hybridized carbons (Fsp3) is 0.550. The molecule has 0 spiro atoms. The Morgan fingerprint density at radius 1 is 1.14 bits per heavy atom. The molecule has 0 atom stereocenters. The predicted octanol–water partition coefficient (Wildman–Crippen LogP) is 5.18. The molecule has 118 valence electrons. The van der Waals surface area contributed by atoms with Crippen molar-refractivity contribution in [2.45, 2.75) is 64.6 Å². The Hall–Kier alpha value is -1.59. The number of aryl methyl sites for hydroxylation is 1. The molecule has 2 heteroatoms. The van der Waals surface area contributed by atoms with Gasteiger partial charge in [0.15, 0.2) is 0 Å². The lowest BCUT2D eigenvalue weighted by atomic mass is 9.87. The van der Waals surface area contributed by atoms with E-state index in [2.05, 4.69) is 37.3 Å². The average Bonchev–Trinajstić information content (AvgIpc) is 2.58. The Kier molecular flexibility index (Phi) is 7.19. The molecule has 0 aromatic heterocycles. The topological polar surface area (TPSA) is 33.0 Å². The standard InChI is InChI=1S/C20H27NO/c1-2-3-5-17-7-9-19(10-8-17)16-22-20-13-11-18(12-14-20)6-4-15-21/h4,6-10,18,20H,2-3,5,11-14,16H2,1H3/b6-4+. The second-order valence-corrected chi connectivity index (χ2v) is 6.26. The molecular weight excluding hydrogens is 270 g/mol. The molecule has 0 unspecified atom stereocenters. The van der Waals surface area contributed by atoms with Crippen LogP contribution in [0, 0.1) is 17.2 Å². The van der Waals surface area contributed by atoms with Gasteiger partial charge in [-0.3, -0.25) is 0 Å². The van der Waals surface area contributed by atoms with E-state index >= 15 is 0 Å². The molecule has 1 fully saturated rings. The third-order valence-electron chi connectivity index (χ3n) is 4.49. The zero-order valence-corrected chi connectivity index (χ0v) is 13.6. The minimum atomic E-state index is 0.381. The molecule has 2 nitrogen and oxygen atoms in total. The van der Waals surface area contributed by atoms with Gasteiger partial charge in [-0.15, -0.1) is 0 Å². The highest BCUT2D eigenvalue weighted by molar-refractivity contribution is 5.22. The summed E-state index contributed by atoms with van der Waals surface area (Å²) in [6, 6.07) is 10.9. The second-order valence-electron chi connectivity index (χ2n) is 6.26. The van der Waals surface area contributed by atoms with E-state index in [9.17, 15) is 0 Å². The van der Waals surface area contributed by atoms with Crippen molar-refractivity contribution < 1.29 is 4.74 Å². The van der Waals surface area contributed by atoms with Crippen LogP contribution in [-0.2, 0) is 17.8 Å². The van der Waals surface area contributed by atoms with Crippen LogP contribution in [0.5, 0.6) is 0 Å². The van der Waals surface area contributed by atoms with Crippen molar-refractivity contribution >= 4 is 0 Å². The number of rotatable bonds is 7. The highest BCUT2D eigenvalue weighted by atomic mass is 16.5. The number of hydrogen-bond donors (Lipinski definition) is 0. The van der Waals surface area contributed by atoms with Crippen LogP contribution in [0.4, 0.5) is 0 Å². The highest BCUT2D eigenvalue weighted by Gasteiger charge is 2.19. The van der Waals surface area contributed by atoms with Crippen LogP contribution in [0.3, 0.4) is 0 Å². The Morgan fingerprint density at radius 2 is 1.82 bits per heavy atom. The first-order valence-electron chi connectivity index (χ1n) is 8.57. The molecule has 0 bridgehead atoms. The zero-order valence-electron chi connectivity index (χ0n) is 13.6. The quantitative estimate of drug-likeness (QED) is 0.649. The number of nitrogens with zero attached hydrogens (tertiary/aromatic N) is 1. The van der Waals surface area contributed by atoms with E-state index in [-0.39, 0.29) is 0 Å². The Morgan fingerprint density at radius 3 is 2.45 bits per heavy atom. The first-order valence-corrected chi connectivity index (χ1v) is 8.57. The lowest BCUT2D eigenvalue weighted by Gasteiger charge is -2.26. The fourth-order valence-corrected chi connectivity index (χ4v) is 3.02. The maximum Gasteiger partial charge on any atom is 0.0908 e. The van der Waals surface area contributed by atoms with E-state index in [4.69, 9.17) is 10.00 Å². The van der Waals surface area contributed by atoms with Crippen molar-refractivity contribution in [3.8, 4) is 6.07 Å². The third-order valence-corrected chi connectivity index (χ3v) is 4.49. The molecule has 0 saturated heterocycles. The van der Waals surface area contributed by atoms with Gasteiger partial charge in [-0.25, -0.2) is 0 Å². The first kappa shape index (κ1) is 16.8. The molecule has 1 aromatic carbocycles. The molecule has 1 aliphatic rings. The molecule has 1 aliphatic carbocycles. The molecule has 1 aromatic rings. The fourth-order valence-electron chi connectivity index (χ4n) is 3.02. The van der Waals surface area contributed by atoms with Gasteiger partial charge in [0.1, 0.15) is 0 Å². The minimum Gasteiger partial charge on any atom is -0.374 e. The van der Waals surface area contributed by atoms with Gasteiger partial charge in [0.2, 0.25) is 0 Å². The lowest BCUT2D eigenvalue weighted by Crippen LogP contribution is -2.20. The maximum absolute atomic E-state index is 8.56. The van der Waals surface area contributed by atoms with Crippen molar-refractivity contribution in [3.63, 3.8) is 0 Å². The van der Waals surface area contributed by atoms with Gasteiger partial charge < -0.3 is 4.74 Å². The largest absolute Gasteiger partial charge is 0.374 e. The van der Waals surface area contributed by atoms with E-state index in [0.29, 0.717) is 12.0 Å². The van der Waals surface area contributed by atoms with Gasteiger partial charge in [0, 0.05) is 6.08 Å². The van der Waals surface area contributed by atoms with Gasteiger partial charge in [-0.1, -0.05) is 43.7 Å². The summed E-state index contributed by atoms with van der Waals surface area (Å²) in [5.41, 5.74) is 2.70. The van der Waals surface area contributed by atoms with Gasteiger partial charge in [-0.2, -0.15) is 5.26 Å². The maximum atomic E-state index is 8.56. The molecule has 2 rings (SSSR count). The summed E-state index contributed by atoms with van der Waals surface area (Å²) < 4.78 is 6.05. The molecule has 0 heterocycles. The number of nitriles is 1.